The minimum atomic E-state index is -0.880. The van der Waals surface area contributed by atoms with E-state index in [0.717, 1.165) is 6.42 Å². The van der Waals surface area contributed by atoms with Gasteiger partial charge in [0.25, 0.3) is 5.19 Å². The second-order valence-electron chi connectivity index (χ2n) is 7.61. The second kappa shape index (κ2) is 11.4. The molecule has 3 aromatic rings. The minimum Gasteiger partial charge on any atom is -0.507 e. The van der Waals surface area contributed by atoms with Crippen LogP contribution in [0.1, 0.15) is 53.6 Å². The van der Waals surface area contributed by atoms with Crippen molar-refractivity contribution in [3.63, 3.8) is 0 Å². The van der Waals surface area contributed by atoms with Gasteiger partial charge in [-0.2, -0.15) is 0 Å². The normalized spacial score (nSPS) is 12.6. The number of thiazole rings is 1. The number of aromatic nitrogens is 1. The number of carbonyl (C=O) groups excluding carboxylic acids is 1. The van der Waals surface area contributed by atoms with Crippen LogP contribution < -0.4 is 15.7 Å². The van der Waals surface area contributed by atoms with Crippen LogP contribution in [-0.4, -0.2) is 22.9 Å². The molecule has 2 N–H and O–H groups in total. The van der Waals surface area contributed by atoms with Crippen molar-refractivity contribution in [3.8, 4) is 16.7 Å². The summed E-state index contributed by atoms with van der Waals surface area (Å²) in [5.74, 6) is -0.792. The summed E-state index contributed by atoms with van der Waals surface area (Å²) in [6, 6.07) is 6.84. The van der Waals surface area contributed by atoms with Gasteiger partial charge in [0.2, 0.25) is 0 Å². The maximum atomic E-state index is 13.0. The first kappa shape index (κ1) is 24.9. The highest BCUT2D eigenvalue weighted by atomic mass is 32.1. The number of ketones is 1. The second-order valence-corrected chi connectivity index (χ2v) is 8.63. The largest absolute Gasteiger partial charge is 0.507 e. The van der Waals surface area contributed by atoms with E-state index in [9.17, 15) is 19.1 Å². The lowest BCUT2D eigenvalue weighted by molar-refractivity contribution is 0.102. The van der Waals surface area contributed by atoms with E-state index in [4.69, 9.17) is 9.15 Å². The summed E-state index contributed by atoms with van der Waals surface area (Å²) in [7, 11) is 1.80. The van der Waals surface area contributed by atoms with Crippen LogP contribution in [-0.2, 0) is 0 Å². The zero-order chi connectivity index (χ0) is 24.7. The van der Waals surface area contributed by atoms with Crippen molar-refractivity contribution in [1.29, 1.82) is 0 Å². The SMILES string of the molecule is CN/C=C/CCC(C)c1cc(O)c(C(=O)/C(C)=C/c2cnc(Oc3ccc(F)cc3)s2)c(=O)o1. The lowest BCUT2D eigenvalue weighted by atomic mass is 10.00. The van der Waals surface area contributed by atoms with Gasteiger partial charge in [0.1, 0.15) is 28.6 Å². The van der Waals surface area contributed by atoms with Gasteiger partial charge in [0.05, 0.1) is 4.88 Å². The first-order chi connectivity index (χ1) is 16.3. The number of hydrogen-bond donors (Lipinski definition) is 2. The summed E-state index contributed by atoms with van der Waals surface area (Å²) in [6.45, 7) is 3.42. The Morgan fingerprint density at radius 1 is 1.35 bits per heavy atom. The van der Waals surface area contributed by atoms with Crippen molar-refractivity contribution in [2.24, 2.45) is 0 Å². The average Bonchev–Trinajstić information content (AvgIpc) is 3.24. The van der Waals surface area contributed by atoms with Crippen LogP contribution in [0.3, 0.4) is 0 Å². The van der Waals surface area contributed by atoms with E-state index in [2.05, 4.69) is 10.3 Å². The fraction of sp³-hybridized carbons (Fsp3) is 0.240. The summed E-state index contributed by atoms with van der Waals surface area (Å²) in [5, 5.41) is 13.6. The predicted octanol–water partition coefficient (Wildman–Crippen LogP) is 5.64. The molecule has 1 aromatic carbocycles. The minimum absolute atomic E-state index is 0.113. The van der Waals surface area contributed by atoms with Crippen LogP contribution >= 0.6 is 11.3 Å². The molecule has 0 saturated heterocycles. The lowest BCUT2D eigenvalue weighted by Gasteiger charge is -2.11. The van der Waals surface area contributed by atoms with E-state index in [1.807, 2.05) is 19.2 Å². The van der Waals surface area contributed by atoms with Crippen LogP contribution in [0, 0.1) is 5.82 Å². The smallest absolute Gasteiger partial charge is 0.351 e. The number of nitrogens with one attached hydrogen (secondary N) is 1. The number of carbonyl (C=O) groups is 1. The van der Waals surface area contributed by atoms with E-state index >= 15 is 0 Å². The molecule has 3 rings (SSSR count). The molecule has 0 aliphatic heterocycles. The van der Waals surface area contributed by atoms with E-state index in [0.29, 0.717) is 28.0 Å². The third kappa shape index (κ3) is 6.41. The molecule has 0 fully saturated rings. The van der Waals surface area contributed by atoms with Crippen molar-refractivity contribution < 1.29 is 23.4 Å². The third-order valence-electron chi connectivity index (χ3n) is 4.95. The third-order valence-corrected chi connectivity index (χ3v) is 5.77. The van der Waals surface area contributed by atoms with E-state index in [-0.39, 0.29) is 17.3 Å². The highest BCUT2D eigenvalue weighted by Crippen LogP contribution is 2.29. The molecule has 0 spiro atoms. The van der Waals surface area contributed by atoms with Gasteiger partial charge in [-0.05, 0) is 61.9 Å². The molecule has 2 heterocycles. The summed E-state index contributed by atoms with van der Waals surface area (Å²) in [5.41, 5.74) is -1.07. The van der Waals surface area contributed by atoms with Crippen molar-refractivity contribution in [2.75, 3.05) is 7.05 Å². The highest BCUT2D eigenvalue weighted by molar-refractivity contribution is 7.14. The monoisotopic (exact) mass is 484 g/mol. The fourth-order valence-corrected chi connectivity index (χ4v) is 3.89. The standard InChI is InChI=1S/C25H25FN2O5S/c1-15(6-4-5-11-27-3)21-13-20(29)22(24(31)33-21)23(30)16(2)12-19-14-28-25(34-19)32-18-9-7-17(26)8-10-18/h5,7-15,27,29H,4,6H2,1-3H3/b11-5+,16-12+. The van der Waals surface area contributed by atoms with E-state index in [1.54, 1.807) is 13.1 Å². The number of Topliss-reactive ketones (excluding diaryl/α,β-unsaturated/α-hetero) is 1. The number of allylic oxidation sites excluding steroid dienone is 2. The van der Waals surface area contributed by atoms with Gasteiger partial charge in [0.15, 0.2) is 5.78 Å². The molecule has 0 amide bonds. The average molecular weight is 485 g/mol. The van der Waals surface area contributed by atoms with Gasteiger partial charge in [-0.15, -0.1) is 0 Å². The molecule has 9 heteroatoms. The number of benzene rings is 1. The Bertz CT molecular complexity index is 1260. The molecule has 7 nitrogen and oxygen atoms in total. The number of halogens is 1. The Hall–Kier alpha value is -3.72. The Morgan fingerprint density at radius 2 is 2.09 bits per heavy atom. The summed E-state index contributed by atoms with van der Waals surface area (Å²) in [6.07, 6.45) is 8.29. The molecule has 34 heavy (non-hydrogen) atoms. The van der Waals surface area contributed by atoms with E-state index in [1.165, 1.54) is 54.8 Å². The predicted molar refractivity (Wildman–Crippen MR) is 129 cm³/mol. The number of hydrogen-bond acceptors (Lipinski definition) is 8. The first-order valence-electron chi connectivity index (χ1n) is 10.6. The quantitative estimate of drug-likeness (QED) is 0.284. The molecule has 1 atom stereocenters. The summed E-state index contributed by atoms with van der Waals surface area (Å²) < 4.78 is 23.9. The maximum absolute atomic E-state index is 13.0. The molecular weight excluding hydrogens is 459 g/mol. The molecule has 0 aliphatic carbocycles. The molecule has 1 unspecified atom stereocenters. The zero-order valence-electron chi connectivity index (χ0n) is 19.0. The van der Waals surface area contributed by atoms with Crippen molar-refractivity contribution in [1.82, 2.24) is 10.3 Å². The van der Waals surface area contributed by atoms with Crippen LogP contribution in [0.2, 0.25) is 0 Å². The maximum Gasteiger partial charge on any atom is 0.351 e. The zero-order valence-corrected chi connectivity index (χ0v) is 19.8. The number of nitrogens with zero attached hydrogens (tertiary/aromatic N) is 1. The number of ether oxygens (including phenoxy) is 1. The van der Waals surface area contributed by atoms with Gasteiger partial charge in [-0.1, -0.05) is 24.3 Å². The van der Waals surface area contributed by atoms with Crippen molar-refractivity contribution in [3.05, 3.63) is 86.8 Å². The van der Waals surface area contributed by atoms with Crippen LogP contribution in [0.15, 0.2) is 63.6 Å². The molecular formula is C25H25FN2O5S. The fourth-order valence-electron chi connectivity index (χ4n) is 3.10. The Labute approximate surface area is 200 Å². The molecule has 0 aliphatic rings. The summed E-state index contributed by atoms with van der Waals surface area (Å²) in [4.78, 5) is 30.1. The van der Waals surface area contributed by atoms with Crippen LogP contribution in [0.4, 0.5) is 4.39 Å². The highest BCUT2D eigenvalue weighted by Gasteiger charge is 2.22. The van der Waals surface area contributed by atoms with Gasteiger partial charge in [-0.3, -0.25) is 4.79 Å². The molecule has 0 bridgehead atoms. The number of rotatable bonds is 10. The summed E-state index contributed by atoms with van der Waals surface area (Å²) >= 11 is 1.17. The van der Waals surface area contributed by atoms with Gasteiger partial charge in [-0.25, -0.2) is 14.2 Å². The molecule has 0 radical (unpaired) electrons. The van der Waals surface area contributed by atoms with Crippen molar-refractivity contribution >= 4 is 23.2 Å². The number of aromatic hydroxyl groups is 1. The first-order valence-corrected chi connectivity index (χ1v) is 11.4. The Kier molecular flexibility index (Phi) is 8.37. The lowest BCUT2D eigenvalue weighted by Crippen LogP contribution is -2.16. The van der Waals surface area contributed by atoms with Crippen molar-refractivity contribution in [2.45, 2.75) is 32.6 Å². The van der Waals surface area contributed by atoms with Gasteiger partial charge >= 0.3 is 5.63 Å². The van der Waals surface area contributed by atoms with Gasteiger partial charge < -0.3 is 19.6 Å². The molecule has 2 aromatic heterocycles. The Morgan fingerprint density at radius 3 is 2.76 bits per heavy atom. The van der Waals surface area contributed by atoms with Gasteiger partial charge in [0, 0.05) is 25.2 Å². The van der Waals surface area contributed by atoms with Crippen LogP contribution in [0.25, 0.3) is 6.08 Å². The molecule has 0 saturated carbocycles. The topological polar surface area (TPSA) is 102 Å². The van der Waals surface area contributed by atoms with Crippen LogP contribution in [0.5, 0.6) is 16.7 Å². The van der Waals surface area contributed by atoms with E-state index < -0.39 is 22.7 Å². The molecule has 178 valence electrons. The Balaban J connectivity index is 1.73.